The first kappa shape index (κ1) is 17.1. The van der Waals surface area contributed by atoms with E-state index in [2.05, 4.69) is 15.2 Å². The second-order valence-corrected chi connectivity index (χ2v) is 7.47. The molecule has 3 heterocycles. The van der Waals surface area contributed by atoms with Crippen LogP contribution in [0.3, 0.4) is 0 Å². The quantitative estimate of drug-likeness (QED) is 0.697. The van der Waals surface area contributed by atoms with Gasteiger partial charge in [0, 0.05) is 49.3 Å². The Hall–Kier alpha value is -3.03. The number of carbonyl (C=O) groups is 1. The predicted molar refractivity (Wildman–Crippen MR) is 98.4 cm³/mol. The van der Waals surface area contributed by atoms with Crippen molar-refractivity contribution in [2.75, 3.05) is 6.54 Å². The predicted octanol–water partition coefficient (Wildman–Crippen LogP) is 2.96. The summed E-state index contributed by atoms with van der Waals surface area (Å²) in [6.07, 6.45) is 3.87. The minimum Gasteiger partial charge on any atom is -0.338 e. The van der Waals surface area contributed by atoms with E-state index in [0.717, 1.165) is 36.9 Å². The lowest BCUT2D eigenvalue weighted by molar-refractivity contribution is -0.139. The lowest BCUT2D eigenvalue weighted by Crippen LogP contribution is -2.42. The zero-order valence-corrected chi connectivity index (χ0v) is 15.6. The highest BCUT2D eigenvalue weighted by molar-refractivity contribution is 5.80. The first-order valence-corrected chi connectivity index (χ1v) is 9.53. The minimum absolute atomic E-state index is 0.171. The molecule has 3 aromatic rings. The van der Waals surface area contributed by atoms with Gasteiger partial charge in [-0.1, -0.05) is 23.7 Å². The summed E-state index contributed by atoms with van der Waals surface area (Å²) in [5.74, 6) is 0.646. The van der Waals surface area contributed by atoms with Crippen molar-refractivity contribution in [3.63, 3.8) is 0 Å². The van der Waals surface area contributed by atoms with Gasteiger partial charge in [-0.15, -0.1) is 0 Å². The van der Waals surface area contributed by atoms with E-state index in [9.17, 15) is 9.18 Å². The third kappa shape index (κ3) is 2.80. The number of nitrogens with zero attached hydrogens (tertiary/aromatic N) is 5. The van der Waals surface area contributed by atoms with Gasteiger partial charge in [0.1, 0.15) is 5.82 Å². The van der Waals surface area contributed by atoms with Gasteiger partial charge in [-0.2, -0.15) is 10.1 Å². The molecule has 0 spiro atoms. The largest absolute Gasteiger partial charge is 0.338 e. The van der Waals surface area contributed by atoms with Crippen molar-refractivity contribution in [1.29, 1.82) is 0 Å². The normalized spacial score (nSPS) is 16.7. The highest BCUT2D eigenvalue weighted by Gasteiger charge is 2.34. The molecule has 1 fully saturated rings. The Balaban J connectivity index is 1.47. The van der Waals surface area contributed by atoms with Crippen LogP contribution < -0.4 is 0 Å². The van der Waals surface area contributed by atoms with Crippen LogP contribution in [0.25, 0.3) is 23.0 Å². The van der Waals surface area contributed by atoms with Crippen LogP contribution >= 0.6 is 0 Å². The number of hydrogen-bond donors (Lipinski definition) is 0. The van der Waals surface area contributed by atoms with E-state index in [1.165, 1.54) is 12.1 Å². The van der Waals surface area contributed by atoms with Crippen LogP contribution in [0.2, 0.25) is 0 Å². The summed E-state index contributed by atoms with van der Waals surface area (Å²) in [5.41, 5.74) is 3.18. The van der Waals surface area contributed by atoms with Crippen LogP contribution in [0.15, 0.2) is 28.8 Å². The van der Waals surface area contributed by atoms with Crippen LogP contribution in [-0.4, -0.2) is 37.3 Å². The average molecular weight is 381 g/mol. The van der Waals surface area contributed by atoms with Crippen LogP contribution in [-0.2, 0) is 24.8 Å². The van der Waals surface area contributed by atoms with Crippen LogP contribution in [0.1, 0.15) is 30.5 Å². The van der Waals surface area contributed by atoms with Crippen molar-refractivity contribution >= 4 is 5.91 Å². The van der Waals surface area contributed by atoms with E-state index in [0.29, 0.717) is 30.2 Å². The molecule has 0 radical (unpaired) electrons. The van der Waals surface area contributed by atoms with Crippen molar-refractivity contribution < 1.29 is 13.7 Å². The minimum atomic E-state index is -0.357. The van der Waals surface area contributed by atoms with E-state index in [1.807, 2.05) is 16.6 Å². The average Bonchev–Trinajstić information content (AvgIpc) is 3.25. The maximum atomic E-state index is 13.5. The van der Waals surface area contributed by atoms with Crippen LogP contribution in [0.5, 0.6) is 0 Å². The van der Waals surface area contributed by atoms with Gasteiger partial charge in [0.25, 0.3) is 5.89 Å². The van der Waals surface area contributed by atoms with E-state index in [4.69, 9.17) is 4.52 Å². The molecule has 1 saturated carbocycles. The molecule has 7 nitrogen and oxygen atoms in total. The first-order chi connectivity index (χ1) is 13.6. The van der Waals surface area contributed by atoms with Gasteiger partial charge in [-0.05, 0) is 25.0 Å². The third-order valence-corrected chi connectivity index (χ3v) is 5.72. The Labute approximate surface area is 161 Å². The van der Waals surface area contributed by atoms with Gasteiger partial charge in [0.05, 0.1) is 0 Å². The van der Waals surface area contributed by atoms with Gasteiger partial charge >= 0.3 is 0 Å². The Bertz CT molecular complexity index is 1050. The smallest absolute Gasteiger partial charge is 0.279 e. The van der Waals surface area contributed by atoms with Crippen LogP contribution in [0.4, 0.5) is 4.39 Å². The van der Waals surface area contributed by atoms with Gasteiger partial charge in [-0.3, -0.25) is 9.48 Å². The summed E-state index contributed by atoms with van der Waals surface area (Å²) in [4.78, 5) is 19.0. The number of amides is 1. The van der Waals surface area contributed by atoms with Crippen molar-refractivity contribution in [2.45, 2.75) is 32.2 Å². The van der Waals surface area contributed by atoms with E-state index in [-0.39, 0.29) is 23.5 Å². The van der Waals surface area contributed by atoms with Crippen LogP contribution in [0, 0.1) is 11.7 Å². The topological polar surface area (TPSA) is 77.1 Å². The number of hydrogen-bond acceptors (Lipinski definition) is 5. The highest BCUT2D eigenvalue weighted by atomic mass is 19.1. The number of rotatable bonds is 3. The van der Waals surface area contributed by atoms with Gasteiger partial charge in [0.2, 0.25) is 11.7 Å². The molecule has 1 amide bonds. The molecule has 2 aromatic heterocycles. The molecule has 0 N–H and O–H groups in total. The maximum absolute atomic E-state index is 13.5. The van der Waals surface area contributed by atoms with Gasteiger partial charge in [-0.25, -0.2) is 4.39 Å². The zero-order valence-electron chi connectivity index (χ0n) is 15.6. The summed E-state index contributed by atoms with van der Waals surface area (Å²) in [5, 5.41) is 8.55. The fourth-order valence-electron chi connectivity index (χ4n) is 3.93. The molecule has 0 unspecified atom stereocenters. The molecule has 1 aromatic carbocycles. The number of halogens is 1. The maximum Gasteiger partial charge on any atom is 0.279 e. The van der Waals surface area contributed by atoms with Gasteiger partial charge < -0.3 is 9.42 Å². The summed E-state index contributed by atoms with van der Waals surface area (Å²) in [7, 11) is 1.88. The summed E-state index contributed by atoms with van der Waals surface area (Å²) >= 11 is 0. The molecule has 8 heteroatoms. The number of benzene rings is 1. The molecule has 0 bridgehead atoms. The number of aryl methyl sites for hydroxylation is 1. The molecule has 0 saturated heterocycles. The monoisotopic (exact) mass is 381 g/mol. The fourth-order valence-corrected chi connectivity index (χ4v) is 3.93. The fraction of sp³-hybridized carbons (Fsp3) is 0.400. The second-order valence-electron chi connectivity index (χ2n) is 7.47. The Kier molecular flexibility index (Phi) is 3.99. The molecule has 5 rings (SSSR count). The molecule has 144 valence electrons. The molecule has 0 atom stereocenters. The van der Waals surface area contributed by atoms with Crippen molar-refractivity contribution in [3.8, 4) is 23.0 Å². The lowest BCUT2D eigenvalue weighted by Gasteiger charge is -2.34. The van der Waals surface area contributed by atoms with Gasteiger partial charge in [0.15, 0.2) is 5.69 Å². The first-order valence-electron chi connectivity index (χ1n) is 9.53. The van der Waals surface area contributed by atoms with Crippen molar-refractivity contribution in [2.24, 2.45) is 13.0 Å². The molecular weight excluding hydrogens is 361 g/mol. The molecule has 2 aliphatic rings. The second kappa shape index (κ2) is 6.54. The zero-order chi connectivity index (χ0) is 19.3. The number of fused-ring (bicyclic) bond motifs is 1. The van der Waals surface area contributed by atoms with Crippen molar-refractivity contribution in [1.82, 2.24) is 24.8 Å². The highest BCUT2D eigenvalue weighted by Crippen LogP contribution is 2.33. The lowest BCUT2D eigenvalue weighted by atomic mass is 9.84. The summed E-state index contributed by atoms with van der Waals surface area (Å²) < 4.78 is 20.7. The SMILES string of the molecule is Cn1nc(-c2nc(-c3cccc(F)c3)no2)c2c1CCN(C(=O)C1CCC1)C2. The molecule has 28 heavy (non-hydrogen) atoms. The molecule has 1 aliphatic carbocycles. The standard InChI is InChI=1S/C20H20FN5O2/c1-25-16-8-9-26(20(27)12-4-2-5-12)11-15(16)17(23-25)19-22-18(24-28-19)13-6-3-7-14(21)10-13/h3,6-7,10,12H,2,4-5,8-9,11H2,1H3. The van der Waals surface area contributed by atoms with E-state index < -0.39 is 0 Å². The van der Waals surface area contributed by atoms with E-state index in [1.54, 1.807) is 12.1 Å². The Morgan fingerprint density at radius 1 is 1.32 bits per heavy atom. The number of aromatic nitrogens is 4. The Morgan fingerprint density at radius 2 is 2.18 bits per heavy atom. The summed E-state index contributed by atoms with van der Waals surface area (Å²) in [6.45, 7) is 1.21. The Morgan fingerprint density at radius 3 is 2.93 bits per heavy atom. The summed E-state index contributed by atoms with van der Waals surface area (Å²) in [6, 6.07) is 6.06. The third-order valence-electron chi connectivity index (χ3n) is 5.72. The van der Waals surface area contributed by atoms with E-state index >= 15 is 0 Å². The van der Waals surface area contributed by atoms with Crippen molar-refractivity contribution in [3.05, 3.63) is 41.3 Å². The number of carbonyl (C=O) groups excluding carboxylic acids is 1. The molecular formula is C20H20FN5O2. The molecule has 1 aliphatic heterocycles.